The Kier molecular flexibility index (Phi) is 4.52. The molecule has 0 atom stereocenters. The second kappa shape index (κ2) is 6.46. The molecule has 0 heterocycles. The van der Waals surface area contributed by atoms with E-state index in [-0.39, 0.29) is 11.8 Å². The summed E-state index contributed by atoms with van der Waals surface area (Å²) in [6.45, 7) is 0. The first-order valence-corrected chi connectivity index (χ1v) is 8.25. The van der Waals surface area contributed by atoms with E-state index in [9.17, 15) is 9.59 Å². The molecule has 0 aliphatic heterocycles. The van der Waals surface area contributed by atoms with Crippen LogP contribution >= 0.6 is 23.2 Å². The van der Waals surface area contributed by atoms with Crippen LogP contribution in [0.4, 0.5) is 0 Å². The molecular weight excluding hydrogens is 347 g/mol. The van der Waals surface area contributed by atoms with Crippen LogP contribution in [-0.4, -0.2) is 11.8 Å². The molecule has 2 aromatic rings. The molecule has 0 saturated heterocycles. The average molecular weight is 363 g/mol. The normalized spacial score (nSPS) is 25.8. The maximum atomic E-state index is 12.1. The predicted octanol–water partition coefficient (Wildman–Crippen LogP) is 3.08. The van der Waals surface area contributed by atoms with Gasteiger partial charge in [0.15, 0.2) is 0 Å². The zero-order chi connectivity index (χ0) is 17.4. The SMILES string of the molecule is NC(=O)C1C(c2ccc(Cl)cc2)C(C(N)=O)C1c1ccc(Cl)cc1. The molecule has 24 heavy (non-hydrogen) atoms. The fourth-order valence-electron chi connectivity index (χ4n) is 3.66. The second-order valence-electron chi connectivity index (χ2n) is 6.01. The summed E-state index contributed by atoms with van der Waals surface area (Å²) in [5.41, 5.74) is 12.9. The van der Waals surface area contributed by atoms with E-state index in [0.717, 1.165) is 11.1 Å². The lowest BCUT2D eigenvalue weighted by Crippen LogP contribution is -2.54. The van der Waals surface area contributed by atoms with Gasteiger partial charge in [0.2, 0.25) is 11.8 Å². The highest BCUT2D eigenvalue weighted by Crippen LogP contribution is 2.57. The summed E-state index contributed by atoms with van der Waals surface area (Å²) in [4.78, 5) is 24.1. The number of carbonyl (C=O) groups excluding carboxylic acids is 2. The zero-order valence-corrected chi connectivity index (χ0v) is 14.2. The van der Waals surface area contributed by atoms with Crippen LogP contribution in [0.3, 0.4) is 0 Å². The zero-order valence-electron chi connectivity index (χ0n) is 12.7. The Morgan fingerprint density at radius 3 is 1.21 bits per heavy atom. The molecule has 4 nitrogen and oxygen atoms in total. The molecule has 124 valence electrons. The Bertz CT molecular complexity index is 699. The summed E-state index contributed by atoms with van der Waals surface area (Å²) in [6.07, 6.45) is 0. The summed E-state index contributed by atoms with van der Waals surface area (Å²) >= 11 is 11.8. The standard InChI is InChI=1S/C18H16Cl2N2O2/c19-11-5-1-9(2-6-11)13-15(17(21)23)14(16(13)18(22)24)10-3-7-12(20)8-4-10/h1-8,13-16H,(H2,21,23)(H2,22,24). The Morgan fingerprint density at radius 2 is 0.958 bits per heavy atom. The van der Waals surface area contributed by atoms with E-state index in [2.05, 4.69) is 0 Å². The number of carbonyl (C=O) groups is 2. The van der Waals surface area contributed by atoms with Crippen molar-refractivity contribution in [1.82, 2.24) is 0 Å². The van der Waals surface area contributed by atoms with Crippen LogP contribution in [0.1, 0.15) is 23.0 Å². The molecule has 3 rings (SSSR count). The largest absolute Gasteiger partial charge is 0.369 e. The van der Waals surface area contributed by atoms with Crippen molar-refractivity contribution < 1.29 is 9.59 Å². The molecule has 1 aliphatic rings. The van der Waals surface area contributed by atoms with Crippen LogP contribution in [0.5, 0.6) is 0 Å². The number of hydrogen-bond acceptors (Lipinski definition) is 2. The quantitative estimate of drug-likeness (QED) is 0.875. The third-order valence-corrected chi connectivity index (χ3v) is 5.22. The molecule has 0 aromatic heterocycles. The van der Waals surface area contributed by atoms with E-state index >= 15 is 0 Å². The number of hydrogen-bond donors (Lipinski definition) is 2. The number of rotatable bonds is 4. The van der Waals surface area contributed by atoms with Crippen molar-refractivity contribution in [3.8, 4) is 0 Å². The monoisotopic (exact) mass is 362 g/mol. The summed E-state index contributed by atoms with van der Waals surface area (Å²) in [5, 5.41) is 1.16. The van der Waals surface area contributed by atoms with Crippen LogP contribution < -0.4 is 11.5 Å². The molecule has 6 heteroatoms. The first kappa shape index (κ1) is 16.8. The Hall–Kier alpha value is -2.04. The minimum atomic E-state index is -0.509. The summed E-state index contributed by atoms with van der Waals surface area (Å²) in [5.74, 6) is -2.62. The first-order chi connectivity index (χ1) is 11.4. The fourth-order valence-corrected chi connectivity index (χ4v) is 3.91. The van der Waals surface area contributed by atoms with Gasteiger partial charge in [0, 0.05) is 21.9 Å². The van der Waals surface area contributed by atoms with Gasteiger partial charge in [-0.3, -0.25) is 9.59 Å². The number of amides is 2. The van der Waals surface area contributed by atoms with Gasteiger partial charge in [-0.05, 0) is 35.4 Å². The van der Waals surface area contributed by atoms with Gasteiger partial charge in [0.05, 0.1) is 11.8 Å². The van der Waals surface area contributed by atoms with Crippen molar-refractivity contribution in [2.75, 3.05) is 0 Å². The highest BCUT2D eigenvalue weighted by molar-refractivity contribution is 6.30. The van der Waals surface area contributed by atoms with Crippen molar-refractivity contribution in [2.45, 2.75) is 11.8 Å². The Morgan fingerprint density at radius 1 is 0.667 bits per heavy atom. The van der Waals surface area contributed by atoms with Crippen molar-refractivity contribution in [2.24, 2.45) is 23.3 Å². The molecule has 1 fully saturated rings. The van der Waals surface area contributed by atoms with Crippen molar-refractivity contribution >= 4 is 35.0 Å². The van der Waals surface area contributed by atoms with E-state index in [1.165, 1.54) is 0 Å². The van der Waals surface area contributed by atoms with E-state index in [0.29, 0.717) is 10.0 Å². The number of halogens is 2. The highest BCUT2D eigenvalue weighted by atomic mass is 35.5. The molecule has 1 saturated carbocycles. The van der Waals surface area contributed by atoms with Crippen LogP contribution in [0, 0.1) is 11.8 Å². The van der Waals surface area contributed by atoms with Gasteiger partial charge in [-0.25, -0.2) is 0 Å². The van der Waals surface area contributed by atoms with Crippen LogP contribution in [0.25, 0.3) is 0 Å². The summed E-state index contributed by atoms with van der Waals surface area (Å²) < 4.78 is 0. The van der Waals surface area contributed by atoms with Crippen molar-refractivity contribution in [3.05, 3.63) is 69.7 Å². The minimum absolute atomic E-state index is 0.349. The molecular formula is C18H16Cl2N2O2. The summed E-state index contributed by atoms with van der Waals surface area (Å²) in [6, 6.07) is 14.1. The molecule has 0 radical (unpaired) electrons. The molecule has 2 amide bonds. The Balaban J connectivity index is 2.03. The lowest BCUT2D eigenvalue weighted by Gasteiger charge is -2.49. The van der Waals surface area contributed by atoms with Gasteiger partial charge in [-0.15, -0.1) is 0 Å². The second-order valence-corrected chi connectivity index (χ2v) is 6.88. The third-order valence-electron chi connectivity index (χ3n) is 4.71. The van der Waals surface area contributed by atoms with Crippen LogP contribution in [-0.2, 0) is 9.59 Å². The molecule has 2 aromatic carbocycles. The van der Waals surface area contributed by atoms with E-state index in [4.69, 9.17) is 34.7 Å². The number of primary amides is 2. The van der Waals surface area contributed by atoms with Gasteiger partial charge >= 0.3 is 0 Å². The highest BCUT2D eigenvalue weighted by Gasteiger charge is 2.56. The molecule has 1 aliphatic carbocycles. The van der Waals surface area contributed by atoms with Gasteiger partial charge in [0.25, 0.3) is 0 Å². The van der Waals surface area contributed by atoms with Gasteiger partial charge in [-0.2, -0.15) is 0 Å². The van der Waals surface area contributed by atoms with Gasteiger partial charge in [0.1, 0.15) is 0 Å². The van der Waals surface area contributed by atoms with Crippen molar-refractivity contribution in [1.29, 1.82) is 0 Å². The van der Waals surface area contributed by atoms with E-state index in [1.54, 1.807) is 48.5 Å². The van der Waals surface area contributed by atoms with Gasteiger partial charge in [-0.1, -0.05) is 47.5 Å². The molecule has 0 unspecified atom stereocenters. The third kappa shape index (κ3) is 2.87. The number of benzene rings is 2. The smallest absolute Gasteiger partial charge is 0.221 e. The van der Waals surface area contributed by atoms with Crippen LogP contribution in [0.2, 0.25) is 10.0 Å². The predicted molar refractivity (Wildman–Crippen MR) is 93.8 cm³/mol. The molecule has 4 N–H and O–H groups in total. The van der Waals surface area contributed by atoms with E-state index < -0.39 is 23.7 Å². The summed E-state index contributed by atoms with van der Waals surface area (Å²) in [7, 11) is 0. The average Bonchev–Trinajstić information content (AvgIpc) is 2.49. The van der Waals surface area contributed by atoms with E-state index in [1.807, 2.05) is 0 Å². The maximum absolute atomic E-state index is 12.1. The Labute approximate surface area is 149 Å². The fraction of sp³-hybridized carbons (Fsp3) is 0.222. The lowest BCUT2D eigenvalue weighted by molar-refractivity contribution is -0.136. The lowest BCUT2D eigenvalue weighted by atomic mass is 9.52. The topological polar surface area (TPSA) is 86.2 Å². The number of nitrogens with two attached hydrogens (primary N) is 2. The minimum Gasteiger partial charge on any atom is -0.369 e. The molecule has 0 bridgehead atoms. The first-order valence-electron chi connectivity index (χ1n) is 7.49. The maximum Gasteiger partial charge on any atom is 0.221 e. The van der Waals surface area contributed by atoms with Crippen LogP contribution in [0.15, 0.2) is 48.5 Å². The van der Waals surface area contributed by atoms with Crippen molar-refractivity contribution in [3.63, 3.8) is 0 Å². The van der Waals surface area contributed by atoms with Gasteiger partial charge < -0.3 is 11.5 Å². The molecule has 0 spiro atoms.